The minimum absolute atomic E-state index is 0.0164. The van der Waals surface area contributed by atoms with E-state index in [1.807, 2.05) is 45.9 Å². The molecule has 1 aromatic rings. The third-order valence-electron chi connectivity index (χ3n) is 3.51. The van der Waals surface area contributed by atoms with Gasteiger partial charge in [0, 0.05) is 6.42 Å². The molecule has 5 heteroatoms. The number of ether oxygens (including phenoxy) is 1. The number of benzene rings is 1. The lowest BCUT2D eigenvalue weighted by atomic mass is 9.94. The third-order valence-corrected chi connectivity index (χ3v) is 3.51. The highest BCUT2D eigenvalue weighted by atomic mass is 16.5. The van der Waals surface area contributed by atoms with E-state index >= 15 is 0 Å². The lowest BCUT2D eigenvalue weighted by Gasteiger charge is -2.19. The predicted octanol–water partition coefficient (Wildman–Crippen LogP) is 3.03. The van der Waals surface area contributed by atoms with Crippen molar-refractivity contribution >= 4 is 11.9 Å². The summed E-state index contributed by atoms with van der Waals surface area (Å²) in [5.74, 6) is -0.517. The van der Waals surface area contributed by atoms with Crippen molar-refractivity contribution in [2.75, 3.05) is 0 Å². The van der Waals surface area contributed by atoms with Crippen LogP contribution in [-0.2, 0) is 9.59 Å². The van der Waals surface area contributed by atoms with Crippen LogP contribution in [0.2, 0.25) is 0 Å². The molecule has 0 aromatic heterocycles. The summed E-state index contributed by atoms with van der Waals surface area (Å²) in [6.45, 7) is 8.16. The van der Waals surface area contributed by atoms with E-state index in [9.17, 15) is 9.59 Å². The van der Waals surface area contributed by atoms with E-state index in [1.54, 1.807) is 0 Å². The average molecular weight is 307 g/mol. The van der Waals surface area contributed by atoms with Gasteiger partial charge in [0.1, 0.15) is 11.8 Å². The maximum Gasteiger partial charge on any atom is 0.320 e. The van der Waals surface area contributed by atoms with Gasteiger partial charge in [-0.2, -0.15) is 0 Å². The minimum atomic E-state index is -1.11. The molecule has 0 radical (unpaired) electrons. The summed E-state index contributed by atoms with van der Waals surface area (Å²) in [6, 6.07) is 4.81. The molecule has 0 aliphatic heterocycles. The number of rotatable bonds is 7. The summed E-state index contributed by atoms with van der Waals surface area (Å²) in [6.07, 6.45) is 0.0481. The van der Waals surface area contributed by atoms with Crippen molar-refractivity contribution < 1.29 is 19.4 Å². The predicted molar refractivity (Wildman–Crippen MR) is 85.1 cm³/mol. The molecule has 0 bridgehead atoms. The van der Waals surface area contributed by atoms with Gasteiger partial charge >= 0.3 is 11.9 Å². The second kappa shape index (κ2) is 7.94. The van der Waals surface area contributed by atoms with Crippen molar-refractivity contribution in [1.82, 2.24) is 0 Å². The Morgan fingerprint density at radius 2 is 1.64 bits per heavy atom. The van der Waals surface area contributed by atoms with Crippen molar-refractivity contribution in [1.29, 1.82) is 0 Å². The Kier molecular flexibility index (Phi) is 6.56. The van der Waals surface area contributed by atoms with Crippen molar-refractivity contribution in [2.45, 2.75) is 58.4 Å². The molecular weight excluding hydrogens is 282 g/mol. The number of aliphatic carboxylic acids is 1. The van der Waals surface area contributed by atoms with Crippen LogP contribution in [-0.4, -0.2) is 23.1 Å². The van der Waals surface area contributed by atoms with Crippen LogP contribution in [0.3, 0.4) is 0 Å². The van der Waals surface area contributed by atoms with Gasteiger partial charge < -0.3 is 15.6 Å². The summed E-state index contributed by atoms with van der Waals surface area (Å²) in [4.78, 5) is 22.7. The first-order valence-corrected chi connectivity index (χ1v) is 7.55. The van der Waals surface area contributed by atoms with Crippen LogP contribution in [0, 0.1) is 0 Å². The summed E-state index contributed by atoms with van der Waals surface area (Å²) in [7, 11) is 0. The van der Waals surface area contributed by atoms with Gasteiger partial charge in [-0.05, 0) is 29.4 Å². The first kappa shape index (κ1) is 18.2. The van der Waals surface area contributed by atoms with Gasteiger partial charge in [-0.25, -0.2) is 0 Å². The third kappa shape index (κ3) is 4.84. The first-order valence-electron chi connectivity index (χ1n) is 7.55. The van der Waals surface area contributed by atoms with E-state index in [-0.39, 0.29) is 24.7 Å². The number of hydrogen-bond donors (Lipinski definition) is 2. The van der Waals surface area contributed by atoms with Crippen molar-refractivity contribution in [3.63, 3.8) is 0 Å². The number of carbonyl (C=O) groups is 2. The zero-order valence-electron chi connectivity index (χ0n) is 13.6. The Hall–Kier alpha value is -1.88. The summed E-state index contributed by atoms with van der Waals surface area (Å²) < 4.78 is 5.54. The Morgan fingerprint density at radius 1 is 1.14 bits per heavy atom. The molecule has 0 heterocycles. The second-order valence-electron chi connectivity index (χ2n) is 6.03. The van der Waals surface area contributed by atoms with Crippen molar-refractivity contribution in [3.8, 4) is 5.75 Å². The molecule has 3 N–H and O–H groups in total. The molecule has 0 saturated carbocycles. The van der Waals surface area contributed by atoms with Crippen LogP contribution in [0.25, 0.3) is 0 Å². The standard InChI is InChI=1S/C17H25NO4/c1-10(2)12-6-5-7-13(11(3)4)16(12)22-15(19)9-8-14(18)17(20)21/h5-7,10-11,14H,8-9,18H2,1-4H3,(H,20,21). The highest BCUT2D eigenvalue weighted by Gasteiger charge is 2.19. The maximum absolute atomic E-state index is 12.0. The van der Waals surface area contributed by atoms with E-state index in [0.29, 0.717) is 5.75 Å². The van der Waals surface area contributed by atoms with Crippen LogP contribution in [0.5, 0.6) is 5.75 Å². The number of hydrogen-bond acceptors (Lipinski definition) is 4. The lowest BCUT2D eigenvalue weighted by Crippen LogP contribution is -2.31. The van der Waals surface area contributed by atoms with Gasteiger partial charge in [-0.1, -0.05) is 45.9 Å². The number of carboxylic acids is 1. The largest absolute Gasteiger partial charge is 0.480 e. The molecular formula is C17H25NO4. The van der Waals surface area contributed by atoms with E-state index in [1.165, 1.54) is 0 Å². The zero-order chi connectivity index (χ0) is 16.9. The molecule has 0 aliphatic carbocycles. The molecule has 0 aliphatic rings. The van der Waals surface area contributed by atoms with E-state index in [0.717, 1.165) is 11.1 Å². The fourth-order valence-corrected chi connectivity index (χ4v) is 2.16. The van der Waals surface area contributed by atoms with E-state index in [2.05, 4.69) is 0 Å². The fourth-order valence-electron chi connectivity index (χ4n) is 2.16. The van der Waals surface area contributed by atoms with Crippen LogP contribution < -0.4 is 10.5 Å². The summed E-state index contributed by atoms with van der Waals surface area (Å²) in [5.41, 5.74) is 7.36. The summed E-state index contributed by atoms with van der Waals surface area (Å²) in [5, 5.41) is 8.74. The molecule has 122 valence electrons. The number of esters is 1. The minimum Gasteiger partial charge on any atom is -0.480 e. The normalized spacial score (nSPS) is 12.5. The van der Waals surface area contributed by atoms with Gasteiger partial charge in [0.15, 0.2) is 0 Å². The number of nitrogens with two attached hydrogens (primary N) is 1. The van der Waals surface area contributed by atoms with Gasteiger partial charge in [0.05, 0.1) is 0 Å². The van der Waals surface area contributed by atoms with Gasteiger partial charge in [0.2, 0.25) is 0 Å². The zero-order valence-corrected chi connectivity index (χ0v) is 13.6. The molecule has 1 rings (SSSR count). The highest BCUT2D eigenvalue weighted by Crippen LogP contribution is 2.34. The molecule has 0 amide bonds. The van der Waals surface area contributed by atoms with Gasteiger partial charge in [-0.3, -0.25) is 9.59 Å². The second-order valence-corrected chi connectivity index (χ2v) is 6.03. The molecule has 22 heavy (non-hydrogen) atoms. The van der Waals surface area contributed by atoms with Crippen LogP contribution in [0.1, 0.15) is 63.5 Å². The van der Waals surface area contributed by atoms with Gasteiger partial charge in [0.25, 0.3) is 0 Å². The van der Waals surface area contributed by atoms with Crippen molar-refractivity contribution in [3.05, 3.63) is 29.3 Å². The van der Waals surface area contributed by atoms with Crippen molar-refractivity contribution in [2.24, 2.45) is 5.73 Å². The highest BCUT2D eigenvalue weighted by molar-refractivity contribution is 5.76. The number of carbonyl (C=O) groups excluding carboxylic acids is 1. The maximum atomic E-state index is 12.0. The monoisotopic (exact) mass is 307 g/mol. The topological polar surface area (TPSA) is 89.6 Å². The van der Waals surface area contributed by atoms with Gasteiger partial charge in [-0.15, -0.1) is 0 Å². The summed E-state index contributed by atoms with van der Waals surface area (Å²) >= 11 is 0. The lowest BCUT2D eigenvalue weighted by molar-refractivity contribution is -0.139. The Labute approximate surface area is 131 Å². The van der Waals surface area contributed by atoms with Crippen LogP contribution >= 0.6 is 0 Å². The average Bonchev–Trinajstić information content (AvgIpc) is 2.44. The molecule has 1 atom stereocenters. The first-order chi connectivity index (χ1) is 10.2. The fraction of sp³-hybridized carbons (Fsp3) is 0.529. The SMILES string of the molecule is CC(C)c1cccc(C(C)C)c1OC(=O)CCC(N)C(=O)O. The molecule has 5 nitrogen and oxygen atoms in total. The number of para-hydroxylation sites is 1. The molecule has 0 saturated heterocycles. The van der Waals surface area contributed by atoms with E-state index in [4.69, 9.17) is 15.6 Å². The number of carboxylic acid groups (broad SMARTS) is 1. The Morgan fingerprint density at radius 3 is 2.05 bits per heavy atom. The Bertz CT molecular complexity index is 511. The Balaban J connectivity index is 2.91. The molecule has 1 unspecified atom stereocenters. The molecule has 0 fully saturated rings. The van der Waals surface area contributed by atoms with Crippen LogP contribution in [0.15, 0.2) is 18.2 Å². The molecule has 0 spiro atoms. The smallest absolute Gasteiger partial charge is 0.320 e. The van der Waals surface area contributed by atoms with E-state index < -0.39 is 18.0 Å². The molecule has 1 aromatic carbocycles. The quantitative estimate of drug-likeness (QED) is 0.597. The van der Waals surface area contributed by atoms with Crippen LogP contribution in [0.4, 0.5) is 0 Å².